The summed E-state index contributed by atoms with van der Waals surface area (Å²) in [6.45, 7) is 5.20. The molecule has 4 nitrogen and oxygen atoms in total. The molecule has 4 heteroatoms. The summed E-state index contributed by atoms with van der Waals surface area (Å²) in [7, 11) is 0. The third-order valence-corrected chi connectivity index (χ3v) is 3.39. The Morgan fingerprint density at radius 1 is 1.21 bits per heavy atom. The molecule has 0 aliphatic heterocycles. The van der Waals surface area contributed by atoms with Gasteiger partial charge in [-0.25, -0.2) is 0 Å². The monoisotopic (exact) mass is 204 g/mol. The van der Waals surface area contributed by atoms with Crippen molar-refractivity contribution in [3.63, 3.8) is 0 Å². The molecule has 0 unspecified atom stereocenters. The van der Waals surface area contributed by atoms with Crippen molar-refractivity contribution in [2.75, 3.05) is 0 Å². The number of hydrogen-bond acceptors (Lipinski definition) is 4. The third-order valence-electron chi connectivity index (χ3n) is 3.39. The van der Waals surface area contributed by atoms with Crippen molar-refractivity contribution in [3.8, 4) is 0 Å². The van der Waals surface area contributed by atoms with Crippen molar-refractivity contribution in [2.45, 2.75) is 51.1 Å². The third kappa shape index (κ3) is 1.80. The first-order valence-corrected chi connectivity index (χ1v) is 5.05. The van der Waals surface area contributed by atoms with Crippen molar-refractivity contribution in [2.24, 2.45) is 11.8 Å². The molecule has 5 atom stereocenters. The van der Waals surface area contributed by atoms with Gasteiger partial charge < -0.3 is 20.4 Å². The molecular weight excluding hydrogens is 184 g/mol. The average Bonchev–Trinajstić information content (AvgIpc) is 2.08. The number of aliphatic hydroxyl groups is 4. The molecule has 0 aromatic heterocycles. The normalized spacial score (nSPS) is 49.7. The lowest BCUT2D eigenvalue weighted by atomic mass is 9.70. The van der Waals surface area contributed by atoms with Gasteiger partial charge in [-0.3, -0.25) is 0 Å². The van der Waals surface area contributed by atoms with Crippen molar-refractivity contribution in [3.05, 3.63) is 0 Å². The molecule has 0 amide bonds. The summed E-state index contributed by atoms with van der Waals surface area (Å²) >= 11 is 0. The number of rotatable bonds is 1. The Balaban J connectivity index is 2.84. The van der Waals surface area contributed by atoms with E-state index in [1.165, 1.54) is 6.92 Å². The Hall–Kier alpha value is -0.160. The summed E-state index contributed by atoms with van der Waals surface area (Å²) in [6.07, 6.45) is -2.90. The van der Waals surface area contributed by atoms with Crippen molar-refractivity contribution in [1.29, 1.82) is 0 Å². The van der Waals surface area contributed by atoms with Crippen LogP contribution in [0.25, 0.3) is 0 Å². The molecule has 0 saturated heterocycles. The summed E-state index contributed by atoms with van der Waals surface area (Å²) in [5.41, 5.74) is -1.61. The first-order valence-electron chi connectivity index (χ1n) is 5.05. The van der Waals surface area contributed by atoms with Gasteiger partial charge in [0.1, 0.15) is 11.7 Å². The molecule has 0 heterocycles. The van der Waals surface area contributed by atoms with E-state index >= 15 is 0 Å². The molecule has 1 saturated carbocycles. The standard InChI is InChI=1S/C10H20O4/c1-5(2)6-4-7(11)10(3,14)9(13)8(6)12/h5-9,11-14H,4H2,1-3H3/t6-,7+,8-,9+,10-/m1/s1. The molecule has 1 aliphatic rings. The van der Waals surface area contributed by atoms with Gasteiger partial charge in [-0.05, 0) is 25.2 Å². The molecule has 0 aromatic carbocycles. The fourth-order valence-corrected chi connectivity index (χ4v) is 2.08. The van der Waals surface area contributed by atoms with Gasteiger partial charge in [0.2, 0.25) is 0 Å². The van der Waals surface area contributed by atoms with Crippen LogP contribution in [0.15, 0.2) is 0 Å². The van der Waals surface area contributed by atoms with Crippen molar-refractivity contribution in [1.82, 2.24) is 0 Å². The quantitative estimate of drug-likeness (QED) is 0.464. The second-order valence-corrected chi connectivity index (χ2v) is 4.82. The maximum atomic E-state index is 9.74. The minimum absolute atomic E-state index is 0.166. The van der Waals surface area contributed by atoms with E-state index in [4.69, 9.17) is 0 Å². The van der Waals surface area contributed by atoms with Gasteiger partial charge >= 0.3 is 0 Å². The molecule has 4 N–H and O–H groups in total. The lowest BCUT2D eigenvalue weighted by molar-refractivity contribution is -0.214. The van der Waals surface area contributed by atoms with Crippen LogP contribution in [0.1, 0.15) is 27.2 Å². The summed E-state index contributed by atoms with van der Waals surface area (Å²) in [4.78, 5) is 0. The second-order valence-electron chi connectivity index (χ2n) is 4.82. The van der Waals surface area contributed by atoms with Crippen LogP contribution in [0.5, 0.6) is 0 Å². The molecule has 0 bridgehead atoms. The molecule has 84 valence electrons. The zero-order chi connectivity index (χ0) is 11.1. The Morgan fingerprint density at radius 3 is 2.14 bits per heavy atom. The van der Waals surface area contributed by atoms with Gasteiger partial charge in [-0.15, -0.1) is 0 Å². The molecule has 1 fully saturated rings. The van der Waals surface area contributed by atoms with Gasteiger partial charge in [0, 0.05) is 0 Å². The highest BCUT2D eigenvalue weighted by molar-refractivity contribution is 5.01. The molecule has 1 rings (SSSR count). The van der Waals surface area contributed by atoms with Crippen LogP contribution >= 0.6 is 0 Å². The molecule has 0 aromatic rings. The smallest absolute Gasteiger partial charge is 0.116 e. The minimum Gasteiger partial charge on any atom is -0.390 e. The summed E-state index contributed by atoms with van der Waals surface area (Å²) in [5.74, 6) is 0.00521. The van der Waals surface area contributed by atoms with Gasteiger partial charge in [0.15, 0.2) is 0 Å². The van der Waals surface area contributed by atoms with Crippen LogP contribution in [0.3, 0.4) is 0 Å². The van der Waals surface area contributed by atoms with Gasteiger partial charge in [0.25, 0.3) is 0 Å². The predicted octanol–water partition coefficient (Wildman–Crippen LogP) is -0.504. The lowest BCUT2D eigenvalue weighted by Crippen LogP contribution is -2.62. The topological polar surface area (TPSA) is 80.9 Å². The van der Waals surface area contributed by atoms with Crippen LogP contribution in [-0.4, -0.2) is 44.3 Å². The second kappa shape index (κ2) is 3.77. The van der Waals surface area contributed by atoms with Crippen LogP contribution in [0, 0.1) is 11.8 Å². The summed E-state index contributed by atoms with van der Waals surface area (Å²) in [5, 5.41) is 38.7. The molecular formula is C10H20O4. The minimum atomic E-state index is -1.61. The van der Waals surface area contributed by atoms with E-state index < -0.39 is 23.9 Å². The van der Waals surface area contributed by atoms with Gasteiger partial charge in [-0.2, -0.15) is 0 Å². The van der Waals surface area contributed by atoms with E-state index in [2.05, 4.69) is 0 Å². The van der Waals surface area contributed by atoms with E-state index in [0.717, 1.165) is 0 Å². The molecule has 14 heavy (non-hydrogen) atoms. The zero-order valence-corrected chi connectivity index (χ0v) is 8.88. The number of aliphatic hydroxyl groups excluding tert-OH is 3. The van der Waals surface area contributed by atoms with Crippen molar-refractivity contribution >= 4 is 0 Å². The van der Waals surface area contributed by atoms with Gasteiger partial charge in [0.05, 0.1) is 12.2 Å². The first kappa shape index (κ1) is 11.9. The Bertz CT molecular complexity index is 200. The van der Waals surface area contributed by atoms with Crippen LogP contribution in [0.2, 0.25) is 0 Å². The van der Waals surface area contributed by atoms with E-state index in [9.17, 15) is 20.4 Å². The summed E-state index contributed by atoms with van der Waals surface area (Å²) in [6, 6.07) is 0. The van der Waals surface area contributed by atoms with Gasteiger partial charge in [-0.1, -0.05) is 13.8 Å². The number of hydrogen-bond donors (Lipinski definition) is 4. The Morgan fingerprint density at radius 2 is 1.71 bits per heavy atom. The largest absolute Gasteiger partial charge is 0.390 e. The highest BCUT2D eigenvalue weighted by Gasteiger charge is 2.50. The fourth-order valence-electron chi connectivity index (χ4n) is 2.08. The zero-order valence-electron chi connectivity index (χ0n) is 8.88. The maximum Gasteiger partial charge on any atom is 0.116 e. The highest BCUT2D eigenvalue weighted by atomic mass is 16.4. The Labute approximate surface area is 84.2 Å². The van der Waals surface area contributed by atoms with Crippen LogP contribution in [-0.2, 0) is 0 Å². The summed E-state index contributed by atoms with van der Waals surface area (Å²) < 4.78 is 0. The van der Waals surface area contributed by atoms with Crippen LogP contribution < -0.4 is 0 Å². The lowest BCUT2D eigenvalue weighted by Gasteiger charge is -2.46. The van der Waals surface area contributed by atoms with E-state index in [1.54, 1.807) is 0 Å². The average molecular weight is 204 g/mol. The van der Waals surface area contributed by atoms with E-state index in [0.29, 0.717) is 6.42 Å². The van der Waals surface area contributed by atoms with E-state index in [-0.39, 0.29) is 11.8 Å². The Kier molecular flexibility index (Phi) is 3.21. The molecule has 0 radical (unpaired) electrons. The molecule has 0 spiro atoms. The van der Waals surface area contributed by atoms with E-state index in [1.807, 2.05) is 13.8 Å². The van der Waals surface area contributed by atoms with Crippen molar-refractivity contribution < 1.29 is 20.4 Å². The SMILES string of the molecule is CC(C)[C@H]1C[C@H](O)[C@@](C)(O)[C@@H](O)[C@@H]1O. The highest BCUT2D eigenvalue weighted by Crippen LogP contribution is 2.36. The first-order chi connectivity index (χ1) is 6.28. The predicted molar refractivity (Wildman–Crippen MR) is 51.6 cm³/mol. The fraction of sp³-hybridized carbons (Fsp3) is 1.00. The molecule has 1 aliphatic carbocycles. The van der Waals surface area contributed by atoms with Crippen LogP contribution in [0.4, 0.5) is 0 Å². The maximum absolute atomic E-state index is 9.74.